The zero-order valence-corrected chi connectivity index (χ0v) is 14.8. The third-order valence-corrected chi connectivity index (χ3v) is 5.04. The van der Waals surface area contributed by atoms with Gasteiger partial charge in [-0.05, 0) is 24.3 Å². The Morgan fingerprint density at radius 1 is 1.16 bits per heavy atom. The van der Waals surface area contributed by atoms with Gasteiger partial charge in [0.25, 0.3) is 11.8 Å². The Morgan fingerprint density at radius 2 is 1.84 bits per heavy atom. The van der Waals surface area contributed by atoms with Crippen molar-refractivity contribution in [2.75, 3.05) is 17.8 Å². The lowest BCUT2D eigenvalue weighted by Gasteiger charge is -2.14. The van der Waals surface area contributed by atoms with Crippen LogP contribution in [-0.2, 0) is 4.74 Å². The van der Waals surface area contributed by atoms with E-state index < -0.39 is 17.8 Å². The molecule has 0 saturated heterocycles. The minimum atomic E-state index is -0.658. The molecule has 130 valence electrons. The summed E-state index contributed by atoms with van der Waals surface area (Å²) in [6.07, 6.45) is 1.99. The van der Waals surface area contributed by atoms with Crippen molar-refractivity contribution in [2.24, 2.45) is 0 Å². The Hall–Kier alpha value is -2.54. The topological polar surface area (TPSA) is 79.5 Å². The largest absolute Gasteiger partial charge is 0.464 e. The van der Waals surface area contributed by atoms with Gasteiger partial charge < -0.3 is 9.72 Å². The van der Waals surface area contributed by atoms with Gasteiger partial charge in [0.2, 0.25) is 0 Å². The fraction of sp³-hybridized carbons (Fsp3) is 0.278. The van der Waals surface area contributed by atoms with Gasteiger partial charge in [0.05, 0.1) is 29.0 Å². The van der Waals surface area contributed by atoms with E-state index in [1.165, 1.54) is 18.9 Å². The fourth-order valence-corrected chi connectivity index (χ4v) is 3.85. The van der Waals surface area contributed by atoms with Crippen LogP contribution < -0.4 is 4.90 Å². The SMILES string of the molecule is CCCCSc1[nH]c(C(=O)OC)c2c1C(=O)N(c1ccccc1)C2=O. The highest BCUT2D eigenvalue weighted by Crippen LogP contribution is 2.37. The van der Waals surface area contributed by atoms with Gasteiger partial charge in [-0.15, -0.1) is 11.8 Å². The summed E-state index contributed by atoms with van der Waals surface area (Å²) < 4.78 is 4.76. The first-order valence-corrected chi connectivity index (χ1v) is 8.99. The fourth-order valence-electron chi connectivity index (χ4n) is 2.70. The molecule has 1 N–H and O–H groups in total. The third-order valence-electron chi connectivity index (χ3n) is 3.95. The third kappa shape index (κ3) is 2.95. The number of fused-ring (bicyclic) bond motifs is 1. The van der Waals surface area contributed by atoms with Crippen molar-refractivity contribution in [3.8, 4) is 0 Å². The second-order valence-corrected chi connectivity index (χ2v) is 6.66. The number of carbonyl (C=O) groups excluding carboxylic acids is 3. The highest BCUT2D eigenvalue weighted by molar-refractivity contribution is 7.99. The van der Waals surface area contributed by atoms with Gasteiger partial charge in [0.1, 0.15) is 5.69 Å². The van der Waals surface area contributed by atoms with Crippen LogP contribution >= 0.6 is 11.8 Å². The van der Waals surface area contributed by atoms with Crippen molar-refractivity contribution in [3.63, 3.8) is 0 Å². The van der Waals surface area contributed by atoms with Crippen molar-refractivity contribution >= 4 is 35.2 Å². The van der Waals surface area contributed by atoms with Gasteiger partial charge in [0.15, 0.2) is 0 Å². The Morgan fingerprint density at radius 3 is 2.48 bits per heavy atom. The van der Waals surface area contributed by atoms with Crippen LogP contribution in [0.3, 0.4) is 0 Å². The van der Waals surface area contributed by atoms with Crippen LogP contribution in [0.1, 0.15) is 51.0 Å². The van der Waals surface area contributed by atoms with Gasteiger partial charge in [0, 0.05) is 0 Å². The summed E-state index contributed by atoms with van der Waals surface area (Å²) in [5.41, 5.74) is 0.873. The normalized spacial score (nSPS) is 13.3. The first-order valence-electron chi connectivity index (χ1n) is 8.01. The average molecular weight is 358 g/mol. The zero-order valence-electron chi connectivity index (χ0n) is 14.0. The number of hydrogen-bond acceptors (Lipinski definition) is 5. The quantitative estimate of drug-likeness (QED) is 0.370. The Bertz CT molecular complexity index is 829. The van der Waals surface area contributed by atoms with Crippen LogP contribution in [-0.4, -0.2) is 35.6 Å². The lowest BCUT2D eigenvalue weighted by molar-refractivity contribution is 0.0590. The lowest BCUT2D eigenvalue weighted by Crippen LogP contribution is -2.30. The van der Waals surface area contributed by atoms with Crippen molar-refractivity contribution < 1.29 is 19.1 Å². The molecule has 1 aromatic heterocycles. The number of H-pyrrole nitrogens is 1. The summed E-state index contributed by atoms with van der Waals surface area (Å²) in [6.45, 7) is 2.07. The predicted octanol–water partition coefficient (Wildman–Crippen LogP) is 3.49. The summed E-state index contributed by atoms with van der Waals surface area (Å²) in [5, 5.41) is 0.542. The highest BCUT2D eigenvalue weighted by Gasteiger charge is 2.44. The Balaban J connectivity index is 2.06. The number of nitrogens with one attached hydrogen (secondary N) is 1. The molecule has 3 rings (SSSR count). The number of benzene rings is 1. The smallest absolute Gasteiger partial charge is 0.355 e. The number of imide groups is 1. The van der Waals surface area contributed by atoms with E-state index in [-0.39, 0.29) is 16.8 Å². The maximum absolute atomic E-state index is 12.9. The van der Waals surface area contributed by atoms with Gasteiger partial charge >= 0.3 is 5.97 Å². The second kappa shape index (κ2) is 7.14. The number of nitrogens with zero attached hydrogens (tertiary/aromatic N) is 1. The van der Waals surface area contributed by atoms with Crippen LogP contribution in [0.2, 0.25) is 0 Å². The van der Waals surface area contributed by atoms with E-state index in [1.54, 1.807) is 30.3 Å². The van der Waals surface area contributed by atoms with E-state index in [1.807, 2.05) is 0 Å². The number of methoxy groups -OCH3 is 1. The standard InChI is InChI=1S/C18H18N2O4S/c1-3-4-10-25-15-13-12(14(19-15)18(23)24-2)16(21)20(17(13)22)11-8-6-5-7-9-11/h5-9,19H,3-4,10H2,1-2H3. The van der Waals surface area contributed by atoms with Crippen molar-refractivity contribution in [1.82, 2.24) is 4.98 Å². The molecule has 1 aliphatic heterocycles. The van der Waals surface area contributed by atoms with Gasteiger partial charge in [-0.25, -0.2) is 9.69 Å². The molecule has 1 aromatic carbocycles. The molecule has 0 spiro atoms. The number of para-hydroxylation sites is 1. The number of aromatic amines is 1. The number of anilines is 1. The van der Waals surface area contributed by atoms with Crippen molar-refractivity contribution in [2.45, 2.75) is 24.8 Å². The van der Waals surface area contributed by atoms with E-state index >= 15 is 0 Å². The number of aromatic nitrogens is 1. The van der Waals surface area contributed by atoms with E-state index in [4.69, 9.17) is 4.74 Å². The van der Waals surface area contributed by atoms with Crippen LogP contribution in [0.4, 0.5) is 5.69 Å². The van der Waals surface area contributed by atoms with Gasteiger partial charge in [-0.3, -0.25) is 9.59 Å². The Labute approximate surface area is 149 Å². The summed E-state index contributed by atoms with van der Waals surface area (Å²) >= 11 is 1.44. The molecule has 0 unspecified atom stereocenters. The molecule has 0 saturated carbocycles. The summed E-state index contributed by atoms with van der Waals surface area (Å²) in [7, 11) is 1.25. The zero-order chi connectivity index (χ0) is 18.0. The maximum Gasteiger partial charge on any atom is 0.355 e. The number of rotatable bonds is 6. The molecule has 0 atom stereocenters. The van der Waals surface area contributed by atoms with Gasteiger partial charge in [-0.1, -0.05) is 31.5 Å². The maximum atomic E-state index is 12.9. The molecule has 2 aromatic rings. The monoisotopic (exact) mass is 358 g/mol. The minimum Gasteiger partial charge on any atom is -0.464 e. The van der Waals surface area contributed by atoms with E-state index in [2.05, 4.69) is 11.9 Å². The molecular formula is C18H18N2O4S. The molecule has 2 heterocycles. The number of thioether (sulfide) groups is 1. The molecule has 2 amide bonds. The number of amides is 2. The van der Waals surface area contributed by atoms with Gasteiger partial charge in [-0.2, -0.15) is 0 Å². The molecule has 0 fully saturated rings. The van der Waals surface area contributed by atoms with Crippen molar-refractivity contribution in [3.05, 3.63) is 47.2 Å². The second-order valence-electron chi connectivity index (χ2n) is 5.55. The first-order chi connectivity index (χ1) is 12.1. The number of esters is 1. The average Bonchev–Trinajstić information content (AvgIpc) is 3.13. The number of unbranched alkanes of at least 4 members (excludes halogenated alkanes) is 1. The van der Waals surface area contributed by atoms with E-state index in [9.17, 15) is 14.4 Å². The van der Waals surface area contributed by atoms with Crippen LogP contribution in [0, 0.1) is 0 Å². The molecule has 1 aliphatic rings. The molecule has 25 heavy (non-hydrogen) atoms. The van der Waals surface area contributed by atoms with Crippen LogP contribution in [0.25, 0.3) is 0 Å². The van der Waals surface area contributed by atoms with Crippen LogP contribution in [0.15, 0.2) is 35.4 Å². The number of hydrogen-bond donors (Lipinski definition) is 1. The molecule has 0 aliphatic carbocycles. The minimum absolute atomic E-state index is 0.0354. The molecule has 7 heteroatoms. The molecular weight excluding hydrogens is 340 g/mol. The molecule has 0 radical (unpaired) electrons. The predicted molar refractivity (Wildman–Crippen MR) is 95.3 cm³/mol. The summed E-state index contributed by atoms with van der Waals surface area (Å²) in [5.74, 6) is -0.798. The van der Waals surface area contributed by atoms with Crippen LogP contribution in [0.5, 0.6) is 0 Å². The number of ether oxygens (including phenoxy) is 1. The van der Waals surface area contributed by atoms with Crippen molar-refractivity contribution in [1.29, 1.82) is 0 Å². The highest BCUT2D eigenvalue weighted by atomic mass is 32.2. The Kier molecular flexibility index (Phi) is 4.94. The summed E-state index contributed by atoms with van der Waals surface area (Å²) in [4.78, 5) is 41.9. The molecule has 0 bridgehead atoms. The van der Waals surface area contributed by atoms with E-state index in [0.717, 1.165) is 23.5 Å². The number of carbonyl (C=O) groups is 3. The first kappa shape index (κ1) is 17.3. The lowest BCUT2D eigenvalue weighted by atomic mass is 10.2. The molecule has 6 nitrogen and oxygen atoms in total. The summed E-state index contributed by atoms with van der Waals surface area (Å²) in [6, 6.07) is 8.69. The van der Waals surface area contributed by atoms with E-state index in [0.29, 0.717) is 10.7 Å².